The summed E-state index contributed by atoms with van der Waals surface area (Å²) in [7, 11) is 0. The Bertz CT molecular complexity index is 400. The zero-order valence-electron chi connectivity index (χ0n) is 11.1. The monoisotopic (exact) mass is 234 g/mol. The van der Waals surface area contributed by atoms with Gasteiger partial charge in [-0.1, -0.05) is 13.8 Å². The molecule has 4 fully saturated rings. The largest absolute Gasteiger partial charge is 0.459 e. The molecule has 0 radical (unpaired) electrons. The summed E-state index contributed by atoms with van der Waals surface area (Å²) < 4.78 is 5.63. The van der Waals surface area contributed by atoms with Crippen molar-refractivity contribution in [2.24, 2.45) is 47.3 Å². The van der Waals surface area contributed by atoms with E-state index in [4.69, 9.17) is 4.74 Å². The predicted molar refractivity (Wildman–Crippen MR) is 64.1 cm³/mol. The summed E-state index contributed by atoms with van der Waals surface area (Å²) in [4.78, 5) is 12.0. The SMILES string of the molecule is CC1C(C)C2CC1C1C3C(=O)OC(C)(C)C3C21. The van der Waals surface area contributed by atoms with Gasteiger partial charge >= 0.3 is 5.97 Å². The second-order valence-electron chi connectivity index (χ2n) is 7.51. The Morgan fingerprint density at radius 3 is 2.35 bits per heavy atom. The first kappa shape index (κ1) is 10.4. The van der Waals surface area contributed by atoms with Crippen LogP contribution in [0.25, 0.3) is 0 Å². The summed E-state index contributed by atoms with van der Waals surface area (Å²) in [6.45, 7) is 9.05. The average Bonchev–Trinajstić information content (AvgIpc) is 2.66. The standard InChI is InChI=1S/C15H22O2/c1-6-7(2)9-5-8(6)10-11(9)13-12(10)14(16)17-15(13,3)4/h6-13H,5H2,1-4H3. The Kier molecular flexibility index (Phi) is 1.67. The van der Waals surface area contributed by atoms with Crippen LogP contribution in [0.3, 0.4) is 0 Å². The van der Waals surface area contributed by atoms with Crippen molar-refractivity contribution in [3.05, 3.63) is 0 Å². The fourth-order valence-corrected chi connectivity index (χ4v) is 6.05. The highest BCUT2D eigenvalue weighted by Crippen LogP contribution is 2.73. The molecule has 0 amide bonds. The summed E-state index contributed by atoms with van der Waals surface area (Å²) in [6, 6.07) is 0. The molecule has 1 heterocycles. The highest BCUT2D eigenvalue weighted by molar-refractivity contribution is 5.78. The summed E-state index contributed by atoms with van der Waals surface area (Å²) in [5, 5.41) is 0. The maximum absolute atomic E-state index is 12.0. The molecule has 1 aliphatic heterocycles. The summed E-state index contributed by atoms with van der Waals surface area (Å²) in [6.07, 6.45) is 1.38. The van der Waals surface area contributed by atoms with Crippen molar-refractivity contribution in [1.82, 2.24) is 0 Å². The molecule has 0 aromatic heterocycles. The molecule has 0 aromatic carbocycles. The van der Waals surface area contributed by atoms with Crippen LogP contribution in [0.1, 0.15) is 34.1 Å². The fourth-order valence-electron chi connectivity index (χ4n) is 6.05. The Hall–Kier alpha value is -0.530. The van der Waals surface area contributed by atoms with Gasteiger partial charge in [0.15, 0.2) is 0 Å². The molecule has 94 valence electrons. The molecule has 8 atom stereocenters. The molecule has 0 aromatic rings. The zero-order valence-corrected chi connectivity index (χ0v) is 11.1. The van der Waals surface area contributed by atoms with Crippen LogP contribution in [0.2, 0.25) is 0 Å². The third kappa shape index (κ3) is 0.946. The minimum Gasteiger partial charge on any atom is -0.459 e. The van der Waals surface area contributed by atoms with Gasteiger partial charge in [-0.3, -0.25) is 4.79 Å². The number of fused-ring (bicyclic) bond motifs is 8. The third-order valence-corrected chi connectivity index (χ3v) is 6.81. The van der Waals surface area contributed by atoms with Gasteiger partial charge in [0.25, 0.3) is 0 Å². The molecule has 0 N–H and O–H groups in total. The van der Waals surface area contributed by atoms with Crippen molar-refractivity contribution in [3.63, 3.8) is 0 Å². The molecule has 4 aliphatic rings. The molecule has 2 heteroatoms. The number of cyclic esters (lactones) is 1. The zero-order chi connectivity index (χ0) is 12.1. The van der Waals surface area contributed by atoms with Gasteiger partial charge in [-0.15, -0.1) is 0 Å². The fraction of sp³-hybridized carbons (Fsp3) is 0.933. The second-order valence-corrected chi connectivity index (χ2v) is 7.51. The number of ether oxygens (including phenoxy) is 1. The highest BCUT2D eigenvalue weighted by atomic mass is 16.6. The molecule has 3 aliphatic carbocycles. The van der Waals surface area contributed by atoms with Crippen molar-refractivity contribution in [1.29, 1.82) is 0 Å². The van der Waals surface area contributed by atoms with Crippen LogP contribution in [-0.4, -0.2) is 11.6 Å². The first-order valence-corrected chi connectivity index (χ1v) is 7.16. The van der Waals surface area contributed by atoms with E-state index < -0.39 is 0 Å². The van der Waals surface area contributed by atoms with E-state index in [0.29, 0.717) is 11.8 Å². The predicted octanol–water partition coefficient (Wildman–Crippen LogP) is 2.72. The van der Waals surface area contributed by atoms with Gasteiger partial charge < -0.3 is 4.74 Å². The molecule has 4 rings (SSSR count). The summed E-state index contributed by atoms with van der Waals surface area (Å²) in [5.74, 6) is 5.69. The molecular weight excluding hydrogens is 212 g/mol. The van der Waals surface area contributed by atoms with Crippen molar-refractivity contribution in [2.45, 2.75) is 39.7 Å². The van der Waals surface area contributed by atoms with Crippen molar-refractivity contribution in [2.75, 3.05) is 0 Å². The number of carbonyl (C=O) groups excluding carboxylic acids is 1. The van der Waals surface area contributed by atoms with Gasteiger partial charge in [0.2, 0.25) is 0 Å². The van der Waals surface area contributed by atoms with E-state index in [1.165, 1.54) is 6.42 Å². The summed E-state index contributed by atoms with van der Waals surface area (Å²) >= 11 is 0. The Morgan fingerprint density at radius 2 is 1.71 bits per heavy atom. The quantitative estimate of drug-likeness (QED) is 0.602. The van der Waals surface area contributed by atoms with Gasteiger partial charge in [0.05, 0.1) is 5.92 Å². The molecule has 2 bridgehead atoms. The van der Waals surface area contributed by atoms with Crippen LogP contribution in [0.4, 0.5) is 0 Å². The van der Waals surface area contributed by atoms with E-state index in [1.807, 2.05) is 0 Å². The van der Waals surface area contributed by atoms with Gasteiger partial charge in [-0.2, -0.15) is 0 Å². The van der Waals surface area contributed by atoms with Gasteiger partial charge in [0.1, 0.15) is 5.60 Å². The van der Waals surface area contributed by atoms with Crippen LogP contribution in [0.5, 0.6) is 0 Å². The Balaban J connectivity index is 1.73. The lowest BCUT2D eigenvalue weighted by atomic mass is 9.47. The average molecular weight is 234 g/mol. The van der Waals surface area contributed by atoms with Gasteiger partial charge in [-0.25, -0.2) is 0 Å². The van der Waals surface area contributed by atoms with Crippen LogP contribution in [0.15, 0.2) is 0 Å². The highest BCUT2D eigenvalue weighted by Gasteiger charge is 2.74. The second kappa shape index (κ2) is 2.73. The van der Waals surface area contributed by atoms with Crippen LogP contribution >= 0.6 is 0 Å². The molecule has 0 spiro atoms. The number of hydrogen-bond donors (Lipinski definition) is 0. The lowest BCUT2D eigenvalue weighted by Gasteiger charge is -2.55. The molecule has 2 nitrogen and oxygen atoms in total. The molecule has 3 saturated carbocycles. The van der Waals surface area contributed by atoms with Gasteiger partial charge in [-0.05, 0) is 55.8 Å². The van der Waals surface area contributed by atoms with Crippen LogP contribution in [0, 0.1) is 47.3 Å². The minimum atomic E-state index is -0.198. The molecule has 17 heavy (non-hydrogen) atoms. The minimum absolute atomic E-state index is 0.105. The topological polar surface area (TPSA) is 26.3 Å². The lowest BCUT2D eigenvalue weighted by Crippen LogP contribution is -2.57. The van der Waals surface area contributed by atoms with E-state index in [1.54, 1.807) is 0 Å². The van der Waals surface area contributed by atoms with Crippen molar-refractivity contribution in [3.8, 4) is 0 Å². The first-order chi connectivity index (χ1) is 7.93. The maximum atomic E-state index is 12.0. The van der Waals surface area contributed by atoms with E-state index in [0.717, 1.165) is 29.6 Å². The molecule has 1 saturated heterocycles. The van der Waals surface area contributed by atoms with Crippen molar-refractivity contribution < 1.29 is 9.53 Å². The molecule has 8 unspecified atom stereocenters. The number of carbonyl (C=O) groups is 1. The van der Waals surface area contributed by atoms with E-state index >= 15 is 0 Å². The number of rotatable bonds is 0. The first-order valence-electron chi connectivity index (χ1n) is 7.16. The van der Waals surface area contributed by atoms with Crippen molar-refractivity contribution >= 4 is 5.97 Å². The number of hydrogen-bond acceptors (Lipinski definition) is 2. The lowest BCUT2D eigenvalue weighted by molar-refractivity contribution is -0.150. The third-order valence-electron chi connectivity index (χ3n) is 6.81. The van der Waals surface area contributed by atoms with Crippen LogP contribution in [-0.2, 0) is 9.53 Å². The Morgan fingerprint density at radius 1 is 1.12 bits per heavy atom. The smallest absolute Gasteiger partial charge is 0.310 e. The van der Waals surface area contributed by atoms with E-state index in [2.05, 4.69) is 27.7 Å². The number of esters is 1. The molecular formula is C15H22O2. The summed E-state index contributed by atoms with van der Waals surface area (Å²) in [5.41, 5.74) is -0.198. The maximum Gasteiger partial charge on any atom is 0.310 e. The Labute approximate surface area is 103 Å². The van der Waals surface area contributed by atoms with E-state index in [9.17, 15) is 4.79 Å². The van der Waals surface area contributed by atoms with E-state index in [-0.39, 0.29) is 17.5 Å². The normalized spacial score (nSPS) is 61.8. The van der Waals surface area contributed by atoms with Crippen LogP contribution < -0.4 is 0 Å². The van der Waals surface area contributed by atoms with Gasteiger partial charge in [0, 0.05) is 5.92 Å².